The monoisotopic (exact) mass is 481 g/mol. The van der Waals surface area contributed by atoms with Crippen molar-refractivity contribution >= 4 is 54.7 Å². The predicted molar refractivity (Wildman–Crippen MR) is 93.9 cm³/mol. The summed E-state index contributed by atoms with van der Waals surface area (Å²) in [6.07, 6.45) is 0. The Morgan fingerprint density at radius 1 is 0.905 bits per heavy atom. The molecule has 0 radical (unpaired) electrons. The summed E-state index contributed by atoms with van der Waals surface area (Å²) < 4.78 is 0. The van der Waals surface area contributed by atoms with E-state index in [2.05, 4.69) is 73.7 Å². The van der Waals surface area contributed by atoms with Crippen LogP contribution in [0.4, 0.5) is 5.69 Å². The molecule has 0 amide bonds. The van der Waals surface area contributed by atoms with Gasteiger partial charge >= 0.3 is 144 Å². The van der Waals surface area contributed by atoms with Crippen LogP contribution in [-0.2, 0) is 0 Å². The van der Waals surface area contributed by atoms with Gasteiger partial charge in [-0.2, -0.15) is 0 Å². The Labute approximate surface area is 143 Å². The van der Waals surface area contributed by atoms with Crippen LogP contribution < -0.4 is 0 Å². The van der Waals surface area contributed by atoms with Crippen molar-refractivity contribution in [3.05, 3.63) is 72.3 Å². The van der Waals surface area contributed by atoms with Gasteiger partial charge in [0.05, 0.1) is 0 Å². The maximum absolute atomic E-state index is 4.83. The average Bonchev–Trinajstić information content (AvgIpc) is 2.55. The summed E-state index contributed by atoms with van der Waals surface area (Å²) in [5, 5.41) is 2.53. The van der Waals surface area contributed by atoms with E-state index in [1.165, 1.54) is 21.2 Å². The second-order valence-corrected chi connectivity index (χ2v) is 8.27. The summed E-state index contributed by atoms with van der Waals surface area (Å²) in [5.41, 5.74) is 3.33. The molecule has 0 bridgehead atoms. The minimum absolute atomic E-state index is 0.882. The molecule has 3 heteroatoms. The van der Waals surface area contributed by atoms with Crippen LogP contribution in [0.2, 0.25) is 0 Å². The fraction of sp³-hybridized carbons (Fsp3) is 0.0556. The van der Waals surface area contributed by atoms with E-state index in [1.807, 2.05) is 8.31 Å². The minimum atomic E-state index is 0.882. The molecule has 3 aromatic rings. The Balaban J connectivity index is 2.03. The number of hydrogen-bond acceptors (Lipinski definition) is 2. The van der Waals surface area contributed by atoms with Gasteiger partial charge in [0.15, 0.2) is 0 Å². The van der Waals surface area contributed by atoms with Crippen molar-refractivity contribution in [1.29, 1.82) is 0 Å². The molecule has 3 rings (SSSR count). The first-order chi connectivity index (χ1) is 10.3. The zero-order chi connectivity index (χ0) is 14.7. The number of hydrogen-bond donors (Lipinski definition) is 0. The first kappa shape index (κ1) is 14.8. The zero-order valence-electron chi connectivity index (χ0n) is 11.8. The molecule has 3 aromatic carbocycles. The second-order valence-electron chi connectivity index (χ2n) is 4.84. The summed E-state index contributed by atoms with van der Waals surface area (Å²) in [5.74, 6) is 0. The third-order valence-electron chi connectivity index (χ3n) is 3.45. The molecule has 1 nitrogen and oxygen atoms in total. The van der Waals surface area contributed by atoms with E-state index in [0.717, 1.165) is 35.7 Å². The SMILES string of the molecule is CC(=Nc1ccccc1[S][Tl])c1ccc2ccccc2c1. The van der Waals surface area contributed by atoms with Gasteiger partial charge in [-0.15, -0.1) is 0 Å². The van der Waals surface area contributed by atoms with Crippen LogP contribution in [-0.4, -0.2) is 30.0 Å². The van der Waals surface area contributed by atoms with Crippen molar-refractivity contribution in [2.75, 3.05) is 0 Å². The normalized spacial score (nSPS) is 11.7. The molecule has 0 N–H and O–H groups in total. The third kappa shape index (κ3) is 3.38. The summed E-state index contributed by atoms with van der Waals surface area (Å²) in [4.78, 5) is 6.11. The van der Waals surface area contributed by atoms with Crippen molar-refractivity contribution in [2.24, 2.45) is 4.99 Å². The number of benzene rings is 3. The second kappa shape index (κ2) is 6.75. The van der Waals surface area contributed by atoms with Crippen LogP contribution in [0.3, 0.4) is 0 Å². The van der Waals surface area contributed by atoms with Crippen molar-refractivity contribution in [3.63, 3.8) is 0 Å². The molecule has 0 atom stereocenters. The molecule has 0 saturated carbocycles. The molecule has 0 unspecified atom stereocenters. The van der Waals surface area contributed by atoms with Gasteiger partial charge < -0.3 is 0 Å². The molecule has 0 saturated heterocycles. The van der Waals surface area contributed by atoms with Gasteiger partial charge in [0, 0.05) is 0 Å². The van der Waals surface area contributed by atoms with Crippen LogP contribution in [0.25, 0.3) is 10.8 Å². The number of fused-ring (bicyclic) bond motifs is 1. The van der Waals surface area contributed by atoms with Gasteiger partial charge in [-0.3, -0.25) is 0 Å². The van der Waals surface area contributed by atoms with Gasteiger partial charge in [0.2, 0.25) is 0 Å². The van der Waals surface area contributed by atoms with Crippen molar-refractivity contribution in [1.82, 2.24) is 0 Å². The maximum atomic E-state index is 4.83. The van der Waals surface area contributed by atoms with Gasteiger partial charge in [0.25, 0.3) is 0 Å². The van der Waals surface area contributed by atoms with Crippen LogP contribution in [0.1, 0.15) is 12.5 Å². The molecule has 0 fully saturated rings. The van der Waals surface area contributed by atoms with E-state index < -0.39 is 0 Å². The Hall–Kier alpha value is -1.14. The van der Waals surface area contributed by atoms with E-state index in [4.69, 9.17) is 4.99 Å². The van der Waals surface area contributed by atoms with E-state index in [1.54, 1.807) is 0 Å². The fourth-order valence-electron chi connectivity index (χ4n) is 2.31. The van der Waals surface area contributed by atoms with Crippen LogP contribution in [0.15, 0.2) is 76.6 Å². The Bertz CT molecular complexity index is 811. The van der Waals surface area contributed by atoms with Crippen LogP contribution in [0, 0.1) is 0 Å². The number of aliphatic imine (C=N–C) groups is 1. The van der Waals surface area contributed by atoms with E-state index in [0.29, 0.717) is 0 Å². The molecular weight excluding hydrogens is 467 g/mol. The Kier molecular flexibility index (Phi) is 4.75. The number of rotatable bonds is 3. The van der Waals surface area contributed by atoms with Crippen molar-refractivity contribution in [3.8, 4) is 0 Å². The predicted octanol–water partition coefficient (Wildman–Crippen LogP) is 5.16. The van der Waals surface area contributed by atoms with E-state index in [9.17, 15) is 0 Å². The van der Waals surface area contributed by atoms with Gasteiger partial charge in [-0.1, -0.05) is 0 Å². The Morgan fingerprint density at radius 3 is 2.43 bits per heavy atom. The summed E-state index contributed by atoms with van der Waals surface area (Å²) in [6, 6.07) is 23.3. The van der Waals surface area contributed by atoms with Crippen molar-refractivity contribution in [2.45, 2.75) is 11.8 Å². The third-order valence-corrected chi connectivity index (χ3v) is 7.01. The molecule has 0 spiro atoms. The molecule has 0 aliphatic heterocycles. The van der Waals surface area contributed by atoms with Crippen LogP contribution in [0.5, 0.6) is 0 Å². The molecule has 100 valence electrons. The summed E-state index contributed by atoms with van der Waals surface area (Å²) >= 11 is 0.882. The van der Waals surface area contributed by atoms with Gasteiger partial charge in [-0.25, -0.2) is 0 Å². The van der Waals surface area contributed by atoms with E-state index in [-0.39, 0.29) is 0 Å². The molecule has 0 aromatic heterocycles. The summed E-state index contributed by atoms with van der Waals surface area (Å²) in [6.45, 7) is 2.08. The van der Waals surface area contributed by atoms with Gasteiger partial charge in [0.1, 0.15) is 0 Å². The fourth-order valence-corrected chi connectivity index (χ4v) is 5.02. The average molecular weight is 481 g/mol. The molecular formula is C18H14NSTl. The van der Waals surface area contributed by atoms with Crippen LogP contribution >= 0.6 is 8.31 Å². The molecule has 0 heterocycles. The van der Waals surface area contributed by atoms with Gasteiger partial charge in [-0.05, 0) is 0 Å². The topological polar surface area (TPSA) is 12.4 Å². The van der Waals surface area contributed by atoms with E-state index >= 15 is 0 Å². The first-order valence-electron chi connectivity index (χ1n) is 6.78. The number of nitrogens with zero attached hydrogens (tertiary/aromatic N) is 1. The quantitative estimate of drug-likeness (QED) is 0.373. The summed E-state index contributed by atoms with van der Waals surface area (Å²) in [7, 11) is 1.89. The molecule has 0 aliphatic carbocycles. The van der Waals surface area contributed by atoms with Crippen molar-refractivity contribution < 1.29 is 0 Å². The molecule has 0 aliphatic rings. The molecule has 21 heavy (non-hydrogen) atoms. The Morgan fingerprint density at radius 2 is 1.62 bits per heavy atom. The zero-order valence-corrected chi connectivity index (χ0v) is 17.1. The first-order valence-corrected chi connectivity index (χ1v) is 13.2. The standard InChI is InChI=1S/C18H15NS.Tl/c1-13(19-17-8-4-5-9-18(17)20)15-11-10-14-6-2-3-7-16(14)12-15;/h2-12,20H,1H3;/q;+1/p-1. The number of para-hydroxylation sites is 1.